The Kier molecular flexibility index (Phi) is 6.46. The van der Waals surface area contributed by atoms with Gasteiger partial charge in [0.1, 0.15) is 0 Å². The van der Waals surface area contributed by atoms with Crippen molar-refractivity contribution in [3.63, 3.8) is 0 Å². The van der Waals surface area contributed by atoms with Gasteiger partial charge in [0.25, 0.3) is 0 Å². The second-order valence-electron chi connectivity index (χ2n) is 4.87. The number of unbranched alkanes of at least 4 members (excludes halogenated alkanes) is 4. The quantitative estimate of drug-likeness (QED) is 0.680. The Bertz CT molecular complexity index is 198. The third-order valence-electron chi connectivity index (χ3n) is 3.51. The third kappa shape index (κ3) is 4.97. The minimum Gasteiger partial charge on any atom is -0.481 e. The van der Waals surface area contributed by atoms with Gasteiger partial charge in [0.05, 0.1) is 5.92 Å². The summed E-state index contributed by atoms with van der Waals surface area (Å²) in [5.74, 6) is -0.695. The molecule has 0 spiro atoms. The van der Waals surface area contributed by atoms with E-state index in [1.807, 2.05) is 0 Å². The van der Waals surface area contributed by atoms with Crippen molar-refractivity contribution in [1.29, 1.82) is 0 Å². The van der Waals surface area contributed by atoms with Crippen LogP contribution >= 0.6 is 0 Å². The van der Waals surface area contributed by atoms with E-state index in [2.05, 4.69) is 11.8 Å². The van der Waals surface area contributed by atoms with Crippen molar-refractivity contribution < 1.29 is 9.90 Å². The second kappa shape index (κ2) is 7.66. The van der Waals surface area contributed by atoms with Crippen molar-refractivity contribution in [2.45, 2.75) is 51.9 Å². The van der Waals surface area contributed by atoms with Crippen molar-refractivity contribution >= 4 is 5.97 Å². The Morgan fingerprint density at radius 1 is 1.19 bits per heavy atom. The van der Waals surface area contributed by atoms with Crippen LogP contribution in [0.15, 0.2) is 0 Å². The standard InChI is InChI=1S/C13H25NO2/c1-2-3-4-5-6-9-14-10-7-12(8-11-14)13(15)16/h12H,2-11H2,1H3,(H,15,16). The summed E-state index contributed by atoms with van der Waals surface area (Å²) >= 11 is 0. The van der Waals surface area contributed by atoms with Crippen LogP contribution in [-0.4, -0.2) is 35.6 Å². The van der Waals surface area contributed by atoms with Crippen molar-refractivity contribution in [2.24, 2.45) is 5.92 Å². The molecule has 1 aliphatic rings. The van der Waals surface area contributed by atoms with Gasteiger partial charge in [-0.3, -0.25) is 4.79 Å². The maximum absolute atomic E-state index is 10.8. The van der Waals surface area contributed by atoms with Gasteiger partial charge in [-0.2, -0.15) is 0 Å². The van der Waals surface area contributed by atoms with E-state index in [-0.39, 0.29) is 5.92 Å². The van der Waals surface area contributed by atoms with Crippen molar-refractivity contribution in [2.75, 3.05) is 19.6 Å². The summed E-state index contributed by atoms with van der Waals surface area (Å²) in [7, 11) is 0. The minimum absolute atomic E-state index is 0.0867. The van der Waals surface area contributed by atoms with Gasteiger partial charge >= 0.3 is 5.97 Å². The predicted octanol–water partition coefficient (Wildman–Crippen LogP) is 2.75. The van der Waals surface area contributed by atoms with Gasteiger partial charge in [-0.25, -0.2) is 0 Å². The van der Waals surface area contributed by atoms with Gasteiger partial charge in [0, 0.05) is 0 Å². The fourth-order valence-corrected chi connectivity index (χ4v) is 2.34. The summed E-state index contributed by atoms with van der Waals surface area (Å²) in [6.45, 7) is 5.35. The molecular weight excluding hydrogens is 202 g/mol. The third-order valence-corrected chi connectivity index (χ3v) is 3.51. The number of rotatable bonds is 7. The zero-order chi connectivity index (χ0) is 11.8. The van der Waals surface area contributed by atoms with Crippen molar-refractivity contribution in [3.8, 4) is 0 Å². The Labute approximate surface area is 98.8 Å². The van der Waals surface area contributed by atoms with Gasteiger partial charge in [-0.1, -0.05) is 32.6 Å². The molecule has 3 nitrogen and oxygen atoms in total. The summed E-state index contributed by atoms with van der Waals surface area (Å²) in [6, 6.07) is 0. The van der Waals surface area contributed by atoms with Crippen molar-refractivity contribution in [3.05, 3.63) is 0 Å². The number of carbonyl (C=O) groups is 1. The van der Waals surface area contributed by atoms with E-state index >= 15 is 0 Å². The summed E-state index contributed by atoms with van der Waals surface area (Å²) in [5, 5.41) is 8.88. The molecule has 94 valence electrons. The van der Waals surface area contributed by atoms with Crippen LogP contribution in [0.25, 0.3) is 0 Å². The molecular formula is C13H25NO2. The van der Waals surface area contributed by atoms with E-state index in [4.69, 9.17) is 5.11 Å². The molecule has 0 aliphatic carbocycles. The molecule has 0 saturated carbocycles. The van der Waals surface area contributed by atoms with E-state index in [9.17, 15) is 4.79 Å². The highest BCUT2D eigenvalue weighted by molar-refractivity contribution is 5.70. The molecule has 0 amide bonds. The van der Waals surface area contributed by atoms with Crippen LogP contribution in [-0.2, 0) is 4.79 Å². The zero-order valence-electron chi connectivity index (χ0n) is 10.5. The minimum atomic E-state index is -0.609. The SMILES string of the molecule is CCCCCCCN1CCC(C(=O)O)CC1. The second-order valence-corrected chi connectivity index (χ2v) is 4.87. The van der Waals surface area contributed by atoms with Crippen LogP contribution in [0.1, 0.15) is 51.9 Å². The molecule has 3 heteroatoms. The normalized spacial score (nSPS) is 18.8. The van der Waals surface area contributed by atoms with Crippen LogP contribution in [0.5, 0.6) is 0 Å². The lowest BCUT2D eigenvalue weighted by Crippen LogP contribution is -2.36. The predicted molar refractivity (Wildman–Crippen MR) is 65.6 cm³/mol. The molecule has 0 aromatic rings. The maximum Gasteiger partial charge on any atom is 0.306 e. The molecule has 1 aliphatic heterocycles. The van der Waals surface area contributed by atoms with E-state index in [0.29, 0.717) is 0 Å². The van der Waals surface area contributed by atoms with Gasteiger partial charge in [-0.05, 0) is 38.9 Å². The van der Waals surface area contributed by atoms with Gasteiger partial charge < -0.3 is 10.0 Å². The summed E-state index contributed by atoms with van der Waals surface area (Å²) in [6.07, 6.45) is 8.27. The average Bonchev–Trinajstić information content (AvgIpc) is 2.29. The first-order chi connectivity index (χ1) is 7.74. The van der Waals surface area contributed by atoms with Crippen LogP contribution in [0, 0.1) is 5.92 Å². The van der Waals surface area contributed by atoms with Gasteiger partial charge in [0.15, 0.2) is 0 Å². The van der Waals surface area contributed by atoms with Crippen LogP contribution in [0.3, 0.4) is 0 Å². The largest absolute Gasteiger partial charge is 0.481 e. The number of aliphatic carboxylic acids is 1. The van der Waals surface area contributed by atoms with E-state index < -0.39 is 5.97 Å². The van der Waals surface area contributed by atoms with Crippen LogP contribution in [0.2, 0.25) is 0 Å². The lowest BCUT2D eigenvalue weighted by Gasteiger charge is -2.29. The lowest BCUT2D eigenvalue weighted by molar-refractivity contribution is -0.143. The monoisotopic (exact) mass is 227 g/mol. The molecule has 1 rings (SSSR count). The summed E-state index contributed by atoms with van der Waals surface area (Å²) in [4.78, 5) is 13.2. The number of piperidine rings is 1. The van der Waals surface area contributed by atoms with E-state index in [1.54, 1.807) is 0 Å². The molecule has 1 N–H and O–H groups in total. The Morgan fingerprint density at radius 3 is 2.38 bits per heavy atom. The maximum atomic E-state index is 10.8. The van der Waals surface area contributed by atoms with Gasteiger partial charge in [0.2, 0.25) is 0 Å². The highest BCUT2D eigenvalue weighted by Crippen LogP contribution is 2.17. The number of likely N-dealkylation sites (tertiary alicyclic amines) is 1. The molecule has 0 aromatic carbocycles. The first-order valence-corrected chi connectivity index (χ1v) is 6.69. The fraction of sp³-hybridized carbons (Fsp3) is 0.923. The average molecular weight is 227 g/mol. The lowest BCUT2D eigenvalue weighted by atomic mass is 9.97. The van der Waals surface area contributed by atoms with E-state index in [0.717, 1.165) is 32.5 Å². The fourth-order valence-electron chi connectivity index (χ4n) is 2.34. The first kappa shape index (κ1) is 13.5. The van der Waals surface area contributed by atoms with E-state index in [1.165, 1.54) is 32.1 Å². The highest BCUT2D eigenvalue weighted by Gasteiger charge is 2.23. The molecule has 1 fully saturated rings. The number of hydrogen-bond donors (Lipinski definition) is 1. The molecule has 1 saturated heterocycles. The summed E-state index contributed by atoms with van der Waals surface area (Å²) < 4.78 is 0. The molecule has 0 unspecified atom stereocenters. The molecule has 0 aromatic heterocycles. The smallest absolute Gasteiger partial charge is 0.306 e. The number of carboxylic acids is 1. The first-order valence-electron chi connectivity index (χ1n) is 6.69. The Balaban J connectivity index is 2.02. The summed E-state index contributed by atoms with van der Waals surface area (Å²) in [5.41, 5.74) is 0. The Morgan fingerprint density at radius 2 is 1.81 bits per heavy atom. The van der Waals surface area contributed by atoms with Crippen LogP contribution in [0.4, 0.5) is 0 Å². The molecule has 16 heavy (non-hydrogen) atoms. The molecule has 0 bridgehead atoms. The molecule has 0 radical (unpaired) electrons. The number of hydrogen-bond acceptors (Lipinski definition) is 2. The zero-order valence-corrected chi connectivity index (χ0v) is 10.5. The van der Waals surface area contributed by atoms with Crippen LogP contribution < -0.4 is 0 Å². The number of nitrogens with zero attached hydrogens (tertiary/aromatic N) is 1. The topological polar surface area (TPSA) is 40.5 Å². The van der Waals surface area contributed by atoms with Crippen molar-refractivity contribution in [1.82, 2.24) is 4.90 Å². The Hall–Kier alpha value is -0.570. The number of carboxylic acid groups (broad SMARTS) is 1. The highest BCUT2D eigenvalue weighted by atomic mass is 16.4. The molecule has 0 atom stereocenters. The van der Waals surface area contributed by atoms with Gasteiger partial charge in [-0.15, -0.1) is 0 Å². The molecule has 1 heterocycles.